The highest BCUT2D eigenvalue weighted by molar-refractivity contribution is 5.60. The SMILES string of the molecule is C[CH]OC(=O)OC1CCC(CC)CC1. The van der Waals surface area contributed by atoms with Crippen LogP contribution < -0.4 is 0 Å². The van der Waals surface area contributed by atoms with E-state index < -0.39 is 6.16 Å². The third-order valence-electron chi connectivity index (χ3n) is 2.85. The number of carbonyl (C=O) groups excluding carboxylic acids is 1. The number of hydrogen-bond acceptors (Lipinski definition) is 3. The smallest absolute Gasteiger partial charge is 0.431 e. The van der Waals surface area contributed by atoms with E-state index in [0.29, 0.717) is 0 Å². The molecular formula is C11H19O3. The Labute approximate surface area is 85.8 Å². The maximum Gasteiger partial charge on any atom is 0.508 e. The molecule has 0 atom stereocenters. The van der Waals surface area contributed by atoms with Gasteiger partial charge in [-0.2, -0.15) is 0 Å². The number of rotatable bonds is 3. The Balaban J connectivity index is 2.18. The molecule has 0 aromatic carbocycles. The molecule has 0 N–H and O–H groups in total. The van der Waals surface area contributed by atoms with Crippen molar-refractivity contribution in [3.05, 3.63) is 6.61 Å². The topological polar surface area (TPSA) is 35.5 Å². The van der Waals surface area contributed by atoms with Gasteiger partial charge in [-0.15, -0.1) is 0 Å². The molecule has 0 spiro atoms. The quantitative estimate of drug-likeness (QED) is 0.654. The zero-order chi connectivity index (χ0) is 10.4. The molecule has 0 bridgehead atoms. The van der Waals surface area contributed by atoms with Crippen molar-refractivity contribution >= 4 is 6.16 Å². The first kappa shape index (κ1) is 11.3. The first-order chi connectivity index (χ1) is 6.76. The van der Waals surface area contributed by atoms with Gasteiger partial charge in [-0.05, 0) is 38.5 Å². The van der Waals surface area contributed by atoms with Crippen LogP contribution in [0.5, 0.6) is 0 Å². The lowest BCUT2D eigenvalue weighted by molar-refractivity contribution is 0.0179. The van der Waals surface area contributed by atoms with E-state index in [1.165, 1.54) is 25.9 Å². The Morgan fingerprint density at radius 3 is 2.50 bits per heavy atom. The Bertz CT molecular complexity index is 171. The predicted octanol–water partition coefficient (Wildman–Crippen LogP) is 3.29. The molecule has 0 heterocycles. The van der Waals surface area contributed by atoms with Gasteiger partial charge >= 0.3 is 6.16 Å². The Morgan fingerprint density at radius 1 is 1.36 bits per heavy atom. The molecule has 0 unspecified atom stereocenters. The van der Waals surface area contributed by atoms with E-state index in [-0.39, 0.29) is 6.10 Å². The maximum absolute atomic E-state index is 11.0. The molecule has 1 aliphatic carbocycles. The highest BCUT2D eigenvalue weighted by Crippen LogP contribution is 2.28. The summed E-state index contributed by atoms with van der Waals surface area (Å²) >= 11 is 0. The molecule has 0 saturated heterocycles. The summed E-state index contributed by atoms with van der Waals surface area (Å²) in [6, 6.07) is 0. The lowest BCUT2D eigenvalue weighted by Crippen LogP contribution is -2.24. The summed E-state index contributed by atoms with van der Waals surface area (Å²) in [7, 11) is 0. The lowest BCUT2D eigenvalue weighted by Gasteiger charge is -2.26. The van der Waals surface area contributed by atoms with E-state index in [9.17, 15) is 4.79 Å². The third kappa shape index (κ3) is 3.56. The Morgan fingerprint density at radius 2 is 2.00 bits per heavy atom. The molecule has 3 heteroatoms. The zero-order valence-electron chi connectivity index (χ0n) is 8.99. The highest BCUT2D eigenvalue weighted by atomic mass is 16.7. The third-order valence-corrected chi connectivity index (χ3v) is 2.85. The number of hydrogen-bond donors (Lipinski definition) is 0. The van der Waals surface area contributed by atoms with Crippen molar-refractivity contribution in [1.82, 2.24) is 0 Å². The summed E-state index contributed by atoms with van der Waals surface area (Å²) in [5.74, 6) is 0.823. The second-order valence-electron chi connectivity index (χ2n) is 3.77. The van der Waals surface area contributed by atoms with Gasteiger partial charge < -0.3 is 9.47 Å². The van der Waals surface area contributed by atoms with E-state index in [0.717, 1.165) is 18.8 Å². The fourth-order valence-electron chi connectivity index (χ4n) is 1.92. The van der Waals surface area contributed by atoms with Crippen molar-refractivity contribution in [1.29, 1.82) is 0 Å². The second kappa shape index (κ2) is 5.89. The van der Waals surface area contributed by atoms with E-state index in [4.69, 9.17) is 4.74 Å². The number of carbonyl (C=O) groups is 1. The predicted molar refractivity (Wildman–Crippen MR) is 53.6 cm³/mol. The molecule has 1 fully saturated rings. The average molecular weight is 199 g/mol. The molecule has 14 heavy (non-hydrogen) atoms. The van der Waals surface area contributed by atoms with Crippen LogP contribution in [0.2, 0.25) is 0 Å². The molecule has 0 aliphatic heterocycles. The normalized spacial score (nSPS) is 27.0. The first-order valence-corrected chi connectivity index (χ1v) is 5.41. The molecule has 1 rings (SSSR count). The standard InChI is InChI=1S/C11H19O3/c1-3-9-5-7-10(8-6-9)14-11(12)13-4-2/h4,9-10H,3,5-8H2,1-2H3. The Hall–Kier alpha value is -0.730. The molecule has 81 valence electrons. The maximum atomic E-state index is 11.0. The van der Waals surface area contributed by atoms with Crippen LogP contribution in [-0.2, 0) is 9.47 Å². The molecule has 3 nitrogen and oxygen atoms in total. The fourth-order valence-corrected chi connectivity index (χ4v) is 1.92. The summed E-state index contributed by atoms with van der Waals surface area (Å²) in [5.41, 5.74) is 0. The van der Waals surface area contributed by atoms with Crippen molar-refractivity contribution in [2.75, 3.05) is 0 Å². The van der Waals surface area contributed by atoms with Gasteiger partial charge in [0.25, 0.3) is 0 Å². The largest absolute Gasteiger partial charge is 0.508 e. The fraction of sp³-hybridized carbons (Fsp3) is 0.818. The summed E-state index contributed by atoms with van der Waals surface area (Å²) in [4.78, 5) is 11.0. The van der Waals surface area contributed by atoms with Crippen LogP contribution in [0.25, 0.3) is 0 Å². The van der Waals surface area contributed by atoms with Crippen LogP contribution in [0.4, 0.5) is 4.79 Å². The van der Waals surface area contributed by atoms with Crippen molar-refractivity contribution in [2.45, 2.75) is 52.1 Å². The van der Waals surface area contributed by atoms with E-state index >= 15 is 0 Å². The van der Waals surface area contributed by atoms with Gasteiger partial charge in [0.2, 0.25) is 0 Å². The van der Waals surface area contributed by atoms with Gasteiger partial charge in [-0.1, -0.05) is 13.3 Å². The van der Waals surface area contributed by atoms with E-state index in [1.807, 2.05) is 0 Å². The van der Waals surface area contributed by atoms with Gasteiger partial charge in [0, 0.05) is 0 Å². The molecule has 0 amide bonds. The van der Waals surface area contributed by atoms with Crippen LogP contribution in [-0.4, -0.2) is 12.3 Å². The molecule has 1 radical (unpaired) electrons. The van der Waals surface area contributed by atoms with Crippen LogP contribution in [0.1, 0.15) is 46.0 Å². The van der Waals surface area contributed by atoms with Crippen molar-refractivity contribution in [2.24, 2.45) is 5.92 Å². The number of ether oxygens (including phenoxy) is 2. The summed E-state index contributed by atoms with van der Waals surface area (Å²) < 4.78 is 9.74. The van der Waals surface area contributed by atoms with Crippen LogP contribution in [0.15, 0.2) is 0 Å². The molecule has 0 aromatic heterocycles. The summed E-state index contributed by atoms with van der Waals surface area (Å²) in [6.45, 7) is 5.22. The van der Waals surface area contributed by atoms with E-state index in [2.05, 4.69) is 11.7 Å². The molecule has 1 saturated carbocycles. The van der Waals surface area contributed by atoms with Crippen molar-refractivity contribution in [3.8, 4) is 0 Å². The van der Waals surface area contributed by atoms with Crippen molar-refractivity contribution in [3.63, 3.8) is 0 Å². The monoisotopic (exact) mass is 199 g/mol. The molecular weight excluding hydrogens is 180 g/mol. The minimum atomic E-state index is -0.563. The van der Waals surface area contributed by atoms with Crippen LogP contribution >= 0.6 is 0 Å². The average Bonchev–Trinajstić information content (AvgIpc) is 2.19. The first-order valence-electron chi connectivity index (χ1n) is 5.41. The van der Waals surface area contributed by atoms with Gasteiger partial charge in [-0.25, -0.2) is 4.79 Å². The van der Waals surface area contributed by atoms with Crippen LogP contribution in [0, 0.1) is 12.5 Å². The second-order valence-corrected chi connectivity index (χ2v) is 3.77. The minimum absolute atomic E-state index is 0.0743. The molecule has 0 aromatic rings. The van der Waals surface area contributed by atoms with Crippen molar-refractivity contribution < 1.29 is 14.3 Å². The van der Waals surface area contributed by atoms with Gasteiger partial charge in [0.05, 0.1) is 0 Å². The lowest BCUT2D eigenvalue weighted by atomic mass is 9.86. The zero-order valence-corrected chi connectivity index (χ0v) is 8.99. The summed E-state index contributed by atoms with van der Waals surface area (Å²) in [5, 5.41) is 0. The minimum Gasteiger partial charge on any atom is -0.431 e. The van der Waals surface area contributed by atoms with Gasteiger partial charge in [-0.3, -0.25) is 0 Å². The van der Waals surface area contributed by atoms with E-state index in [1.54, 1.807) is 6.92 Å². The van der Waals surface area contributed by atoms with Gasteiger partial charge in [0.15, 0.2) is 0 Å². The molecule has 1 aliphatic rings. The Kier molecular flexibility index (Phi) is 4.77. The van der Waals surface area contributed by atoms with Gasteiger partial charge in [0.1, 0.15) is 12.7 Å². The van der Waals surface area contributed by atoms with Crippen LogP contribution in [0.3, 0.4) is 0 Å². The highest BCUT2D eigenvalue weighted by Gasteiger charge is 2.23. The summed E-state index contributed by atoms with van der Waals surface area (Å²) in [6.07, 6.45) is 5.06.